The molecule has 0 aromatic carbocycles. The van der Waals surface area contributed by atoms with Crippen LogP contribution in [0.4, 0.5) is 4.39 Å². The van der Waals surface area contributed by atoms with E-state index in [1.807, 2.05) is 5.92 Å². The number of alkyl halides is 1. The average Bonchev–Trinajstić information content (AvgIpc) is 2.82. The van der Waals surface area contributed by atoms with Crippen molar-refractivity contribution in [2.24, 2.45) is 0 Å². The summed E-state index contributed by atoms with van der Waals surface area (Å²) in [5, 5.41) is 19.9. The highest BCUT2D eigenvalue weighted by Crippen LogP contribution is 2.66. The summed E-state index contributed by atoms with van der Waals surface area (Å²) in [7, 11) is -17.4. The number of rotatable bonds is 8. The number of ether oxygens (including phenoxy) is 1. The van der Waals surface area contributed by atoms with Crippen LogP contribution in [0.2, 0.25) is 0 Å². The number of H-pyrrole nitrogens is 1. The second-order valence-corrected chi connectivity index (χ2v) is 10.4. The van der Waals surface area contributed by atoms with E-state index >= 15 is 0 Å². The van der Waals surface area contributed by atoms with E-state index < -0.39 is 71.2 Å². The van der Waals surface area contributed by atoms with Crippen molar-refractivity contribution >= 4 is 23.5 Å². The summed E-state index contributed by atoms with van der Waals surface area (Å²) in [5.74, 6) is -1.66. The molecule has 17 nitrogen and oxygen atoms in total. The van der Waals surface area contributed by atoms with Gasteiger partial charge in [0.1, 0.15) is 24.4 Å². The molecular weight excluding hydrogens is 512 g/mol. The molecule has 2 rings (SSSR count). The maximum atomic E-state index is 15.0. The minimum absolute atomic E-state index is 0.399. The highest BCUT2D eigenvalue weighted by molar-refractivity contribution is 7.66. The lowest BCUT2D eigenvalue weighted by Crippen LogP contribution is -2.43. The normalized spacial score (nSPS) is 29.8. The van der Waals surface area contributed by atoms with E-state index in [0.29, 0.717) is 10.8 Å². The van der Waals surface area contributed by atoms with Gasteiger partial charge in [0, 0.05) is 6.20 Å². The molecule has 2 unspecified atom stereocenters. The van der Waals surface area contributed by atoms with Crippen LogP contribution in [0.1, 0.15) is 11.8 Å². The van der Waals surface area contributed by atoms with Crippen LogP contribution in [0, 0.1) is 12.3 Å². The summed E-state index contributed by atoms with van der Waals surface area (Å²) >= 11 is 0. The highest BCUT2D eigenvalue weighted by Gasteiger charge is 2.57. The first-order chi connectivity index (χ1) is 14.4. The zero-order valence-corrected chi connectivity index (χ0v) is 17.8. The summed E-state index contributed by atoms with van der Waals surface area (Å²) in [4.78, 5) is 60.4. The third kappa shape index (κ3) is 6.28. The lowest BCUT2D eigenvalue weighted by molar-refractivity contribution is -0.204. The molecule has 21 heteroatoms. The molecule has 180 valence electrons. The molecular formula is C11H14FN2O15P3. The van der Waals surface area contributed by atoms with Gasteiger partial charge in [-0.15, -0.1) is 6.42 Å². The van der Waals surface area contributed by atoms with E-state index in [0.717, 1.165) is 0 Å². The first-order valence-corrected chi connectivity index (χ1v) is 12.3. The van der Waals surface area contributed by atoms with Crippen molar-refractivity contribution in [3.63, 3.8) is 0 Å². The molecule has 1 aliphatic heterocycles. The third-order valence-electron chi connectivity index (χ3n) is 3.61. The Kier molecular flexibility index (Phi) is 7.52. The van der Waals surface area contributed by atoms with Gasteiger partial charge in [-0.25, -0.2) is 22.9 Å². The summed E-state index contributed by atoms with van der Waals surface area (Å²) < 4.78 is 64.4. The molecule has 1 fully saturated rings. The first kappa shape index (κ1) is 26.7. The third-order valence-corrected chi connectivity index (χ3v) is 7.39. The Hall–Kier alpha value is -1.54. The molecule has 0 radical (unpaired) electrons. The fraction of sp³-hybridized carbons (Fsp3) is 0.455. The van der Waals surface area contributed by atoms with E-state index in [4.69, 9.17) is 25.8 Å². The number of aliphatic hydroxyl groups is 2. The molecule has 1 aromatic rings. The van der Waals surface area contributed by atoms with Crippen LogP contribution in [0.5, 0.6) is 0 Å². The summed E-state index contributed by atoms with van der Waals surface area (Å²) in [6.07, 6.45) is -1.09. The Morgan fingerprint density at radius 2 is 1.78 bits per heavy atom. The van der Waals surface area contributed by atoms with E-state index in [1.54, 1.807) is 4.98 Å². The maximum absolute atomic E-state index is 15.0. The van der Waals surface area contributed by atoms with E-state index in [1.165, 1.54) is 0 Å². The van der Waals surface area contributed by atoms with Crippen LogP contribution in [-0.2, 0) is 31.6 Å². The van der Waals surface area contributed by atoms with Crippen LogP contribution in [-0.4, -0.2) is 64.0 Å². The second-order valence-electron chi connectivity index (χ2n) is 5.95. The number of nitrogens with zero attached hydrogens (tertiary/aromatic N) is 1. The number of hydrogen-bond acceptors (Lipinski definition) is 11. The number of halogens is 1. The van der Waals surface area contributed by atoms with E-state index in [-0.39, 0.29) is 0 Å². The SMILES string of the molecule is C#Cc1cn([C@@H]2O[C@](F)(COP(=O)(O)OP(=O)(O)OP(=O)(O)O)[C@@H](O)[C@H]2O)c(=O)[nH]c1=O. The average molecular weight is 526 g/mol. The number of phosphoric ester groups is 1. The monoisotopic (exact) mass is 526 g/mol. The van der Waals surface area contributed by atoms with Gasteiger partial charge in [-0.05, 0) is 0 Å². The lowest BCUT2D eigenvalue weighted by Gasteiger charge is -2.24. The van der Waals surface area contributed by atoms with Crippen LogP contribution in [0.3, 0.4) is 0 Å². The van der Waals surface area contributed by atoms with Crippen LogP contribution in [0.15, 0.2) is 15.8 Å². The first-order valence-electron chi connectivity index (χ1n) is 7.73. The summed E-state index contributed by atoms with van der Waals surface area (Å²) in [5.41, 5.74) is -2.69. The van der Waals surface area contributed by atoms with Crippen LogP contribution < -0.4 is 11.2 Å². The van der Waals surface area contributed by atoms with Crippen molar-refractivity contribution in [2.75, 3.05) is 6.61 Å². The molecule has 0 amide bonds. The quantitative estimate of drug-likeness (QED) is 0.140. The minimum Gasteiger partial charge on any atom is -0.385 e. The Bertz CT molecular complexity index is 1180. The topological polar surface area (TPSA) is 264 Å². The van der Waals surface area contributed by atoms with Gasteiger partial charge in [0.15, 0.2) is 6.23 Å². The molecule has 1 aromatic heterocycles. The molecule has 6 atom stereocenters. The molecule has 0 aliphatic carbocycles. The molecule has 0 saturated carbocycles. The smallest absolute Gasteiger partial charge is 0.385 e. The standard InChI is InChI=1S/C11H14FN2O15P3/c1-2-5-3-14(10(18)13-8(5)17)9-6(15)7(16)11(12,27-9)4-26-31(22,23)29-32(24,25)28-30(19,20)21/h1,3,6-7,9,15-16H,4H2,(H,22,23)(H,24,25)(H,13,17,18)(H2,19,20,21)/t6-,7+,9-,11-/m1/s1. The predicted octanol–water partition coefficient (Wildman–Crippen LogP) is -2.22. The van der Waals surface area contributed by atoms with Gasteiger partial charge in [-0.2, -0.15) is 8.62 Å². The number of nitrogens with one attached hydrogen (secondary N) is 1. The van der Waals surface area contributed by atoms with Crippen LogP contribution in [0.25, 0.3) is 0 Å². The van der Waals surface area contributed by atoms with Crippen molar-refractivity contribution in [2.45, 2.75) is 24.3 Å². The Morgan fingerprint density at radius 3 is 2.31 bits per heavy atom. The fourth-order valence-corrected chi connectivity index (χ4v) is 5.38. The Morgan fingerprint density at radius 1 is 1.19 bits per heavy atom. The molecule has 1 saturated heterocycles. The minimum atomic E-state index is -5.90. The van der Waals surface area contributed by atoms with Crippen molar-refractivity contribution in [3.8, 4) is 12.3 Å². The molecule has 0 bridgehead atoms. The van der Waals surface area contributed by atoms with E-state index in [9.17, 15) is 42.8 Å². The fourth-order valence-electron chi connectivity index (χ4n) is 2.34. The molecule has 0 spiro atoms. The molecule has 2 heterocycles. The number of aromatic nitrogens is 2. The van der Waals surface area contributed by atoms with Crippen molar-refractivity contribution in [1.29, 1.82) is 0 Å². The highest BCUT2D eigenvalue weighted by atomic mass is 31.3. The molecule has 1 aliphatic rings. The van der Waals surface area contributed by atoms with Crippen molar-refractivity contribution in [1.82, 2.24) is 9.55 Å². The second kappa shape index (κ2) is 9.01. The molecule has 7 N–H and O–H groups in total. The lowest BCUT2D eigenvalue weighted by atomic mass is 10.1. The van der Waals surface area contributed by atoms with E-state index in [2.05, 4.69) is 13.1 Å². The Balaban J connectivity index is 2.22. The van der Waals surface area contributed by atoms with Gasteiger partial charge >= 0.3 is 29.2 Å². The van der Waals surface area contributed by atoms with Crippen molar-refractivity contribution in [3.05, 3.63) is 32.6 Å². The van der Waals surface area contributed by atoms with Gasteiger partial charge in [0.25, 0.3) is 11.4 Å². The maximum Gasteiger partial charge on any atom is 0.490 e. The van der Waals surface area contributed by atoms with Crippen LogP contribution >= 0.6 is 23.5 Å². The van der Waals surface area contributed by atoms with Gasteiger partial charge in [0.2, 0.25) is 0 Å². The summed E-state index contributed by atoms with van der Waals surface area (Å²) in [6, 6.07) is 0. The number of aliphatic hydroxyl groups excluding tert-OH is 2. The predicted molar refractivity (Wildman–Crippen MR) is 95.0 cm³/mol. The largest absolute Gasteiger partial charge is 0.490 e. The number of hydrogen-bond donors (Lipinski definition) is 7. The van der Waals surface area contributed by atoms with Crippen molar-refractivity contribution < 1.29 is 65.8 Å². The zero-order valence-electron chi connectivity index (χ0n) is 15.1. The zero-order chi connectivity index (χ0) is 24.7. The van der Waals surface area contributed by atoms with Gasteiger partial charge in [0.05, 0.1) is 0 Å². The van der Waals surface area contributed by atoms with Gasteiger partial charge in [-0.1, -0.05) is 5.92 Å². The van der Waals surface area contributed by atoms with Gasteiger partial charge < -0.3 is 34.5 Å². The number of terminal acetylenes is 1. The number of phosphoric acid groups is 3. The molecule has 32 heavy (non-hydrogen) atoms. The summed E-state index contributed by atoms with van der Waals surface area (Å²) in [6.45, 7) is -1.79. The van der Waals surface area contributed by atoms with Gasteiger partial charge in [-0.3, -0.25) is 18.9 Å². The number of aromatic amines is 1. The Labute approximate surface area is 175 Å².